The van der Waals surface area contributed by atoms with E-state index in [1.807, 2.05) is 43.3 Å². The summed E-state index contributed by atoms with van der Waals surface area (Å²) in [5, 5.41) is 13.2. The summed E-state index contributed by atoms with van der Waals surface area (Å²) in [6.45, 7) is 3.02. The second kappa shape index (κ2) is 5.43. The maximum atomic E-state index is 9.83. The maximum Gasteiger partial charge on any atom is 0.231 e. The summed E-state index contributed by atoms with van der Waals surface area (Å²) in [5.74, 6) is 1.90. The van der Waals surface area contributed by atoms with E-state index in [0.29, 0.717) is 19.1 Å². The molecule has 4 nitrogen and oxygen atoms in total. The lowest BCUT2D eigenvalue weighted by atomic mass is 10.1. The molecule has 2 N–H and O–H groups in total. The van der Waals surface area contributed by atoms with Crippen LogP contribution in [0.1, 0.15) is 24.1 Å². The number of aromatic hydroxyl groups is 1. The number of rotatable bonds is 4. The third kappa shape index (κ3) is 2.56. The van der Waals surface area contributed by atoms with Gasteiger partial charge in [-0.25, -0.2) is 0 Å². The predicted molar refractivity (Wildman–Crippen MR) is 75.9 cm³/mol. The summed E-state index contributed by atoms with van der Waals surface area (Å²) in [5.41, 5.74) is 2.02. The van der Waals surface area contributed by atoms with E-state index < -0.39 is 0 Å². The van der Waals surface area contributed by atoms with Crippen LogP contribution in [0.15, 0.2) is 42.5 Å². The fourth-order valence-electron chi connectivity index (χ4n) is 2.29. The summed E-state index contributed by atoms with van der Waals surface area (Å²) < 4.78 is 10.6. The molecule has 0 unspecified atom stereocenters. The van der Waals surface area contributed by atoms with E-state index in [9.17, 15) is 5.11 Å². The molecule has 0 spiro atoms. The highest BCUT2D eigenvalue weighted by Crippen LogP contribution is 2.32. The standard InChI is InChI=1S/C16H17NO3/c1-11(13-4-2-3-5-14(13)18)17-9-12-6-7-15-16(8-12)20-10-19-15/h2-8,11,17-18H,9-10H2,1H3/t11-/m0/s1. The van der Waals surface area contributed by atoms with Gasteiger partial charge in [0.25, 0.3) is 0 Å². The molecule has 0 saturated carbocycles. The molecular weight excluding hydrogens is 254 g/mol. The Bertz CT molecular complexity index is 612. The zero-order chi connectivity index (χ0) is 13.9. The molecule has 1 aliphatic heterocycles. The molecule has 0 fully saturated rings. The molecule has 2 aromatic rings. The van der Waals surface area contributed by atoms with Gasteiger partial charge in [0.1, 0.15) is 5.75 Å². The molecule has 0 aromatic heterocycles. The number of phenolic OH excluding ortho intramolecular Hbond substituents is 1. The van der Waals surface area contributed by atoms with E-state index >= 15 is 0 Å². The highest BCUT2D eigenvalue weighted by Gasteiger charge is 2.14. The third-order valence-corrected chi connectivity index (χ3v) is 3.45. The SMILES string of the molecule is C[C@H](NCc1ccc2c(c1)OCO2)c1ccccc1O. The molecule has 20 heavy (non-hydrogen) atoms. The van der Waals surface area contributed by atoms with Crippen molar-refractivity contribution in [3.05, 3.63) is 53.6 Å². The molecular formula is C16H17NO3. The number of benzene rings is 2. The van der Waals surface area contributed by atoms with Crippen LogP contribution in [-0.4, -0.2) is 11.9 Å². The quantitative estimate of drug-likeness (QED) is 0.897. The Morgan fingerprint density at radius 1 is 1.15 bits per heavy atom. The van der Waals surface area contributed by atoms with Gasteiger partial charge in [0, 0.05) is 18.2 Å². The fraction of sp³-hybridized carbons (Fsp3) is 0.250. The summed E-state index contributed by atoms with van der Waals surface area (Å²) in [6.07, 6.45) is 0. The Balaban J connectivity index is 1.66. The Morgan fingerprint density at radius 3 is 2.80 bits per heavy atom. The first-order chi connectivity index (χ1) is 9.74. The van der Waals surface area contributed by atoms with Gasteiger partial charge < -0.3 is 19.9 Å². The number of nitrogens with one attached hydrogen (secondary N) is 1. The van der Waals surface area contributed by atoms with Gasteiger partial charge in [0.2, 0.25) is 6.79 Å². The minimum atomic E-state index is 0.0709. The Labute approximate surface area is 118 Å². The van der Waals surface area contributed by atoms with Crippen molar-refractivity contribution in [2.45, 2.75) is 19.5 Å². The third-order valence-electron chi connectivity index (χ3n) is 3.45. The first kappa shape index (κ1) is 12.8. The fourth-order valence-corrected chi connectivity index (χ4v) is 2.29. The first-order valence-corrected chi connectivity index (χ1v) is 6.64. The molecule has 1 atom stereocenters. The lowest BCUT2D eigenvalue weighted by Crippen LogP contribution is -2.18. The molecule has 104 valence electrons. The van der Waals surface area contributed by atoms with E-state index in [1.165, 1.54) is 0 Å². The summed E-state index contributed by atoms with van der Waals surface area (Å²) >= 11 is 0. The molecule has 0 radical (unpaired) electrons. The van der Waals surface area contributed by atoms with Gasteiger partial charge in [-0.15, -0.1) is 0 Å². The van der Waals surface area contributed by atoms with Crippen molar-refractivity contribution >= 4 is 0 Å². The van der Waals surface area contributed by atoms with Gasteiger partial charge in [-0.2, -0.15) is 0 Å². The zero-order valence-electron chi connectivity index (χ0n) is 11.3. The van der Waals surface area contributed by atoms with Crippen LogP contribution in [0.5, 0.6) is 17.2 Å². The maximum absolute atomic E-state index is 9.83. The minimum absolute atomic E-state index is 0.0709. The second-order valence-corrected chi connectivity index (χ2v) is 4.85. The van der Waals surface area contributed by atoms with Crippen molar-refractivity contribution in [3.8, 4) is 17.2 Å². The average Bonchev–Trinajstić information content (AvgIpc) is 2.92. The van der Waals surface area contributed by atoms with Crippen molar-refractivity contribution in [3.63, 3.8) is 0 Å². The van der Waals surface area contributed by atoms with Crippen LogP contribution in [0.3, 0.4) is 0 Å². The number of fused-ring (bicyclic) bond motifs is 1. The average molecular weight is 271 g/mol. The molecule has 0 amide bonds. The van der Waals surface area contributed by atoms with Gasteiger partial charge in [0.15, 0.2) is 11.5 Å². The first-order valence-electron chi connectivity index (χ1n) is 6.64. The highest BCUT2D eigenvalue weighted by atomic mass is 16.7. The lowest BCUT2D eigenvalue weighted by molar-refractivity contribution is 0.174. The summed E-state index contributed by atoms with van der Waals surface area (Å²) in [7, 11) is 0. The van der Waals surface area contributed by atoms with E-state index in [2.05, 4.69) is 5.32 Å². The molecule has 3 rings (SSSR count). The van der Waals surface area contributed by atoms with E-state index in [-0.39, 0.29) is 6.04 Å². The van der Waals surface area contributed by atoms with Crippen LogP contribution in [0.2, 0.25) is 0 Å². The molecule has 1 heterocycles. The van der Waals surface area contributed by atoms with E-state index in [4.69, 9.17) is 9.47 Å². The number of para-hydroxylation sites is 1. The Kier molecular flexibility index (Phi) is 3.48. The van der Waals surface area contributed by atoms with Crippen LogP contribution in [0.4, 0.5) is 0 Å². The van der Waals surface area contributed by atoms with Crippen molar-refractivity contribution in [2.75, 3.05) is 6.79 Å². The van der Waals surface area contributed by atoms with Gasteiger partial charge in [-0.3, -0.25) is 0 Å². The van der Waals surface area contributed by atoms with Gasteiger partial charge in [-0.1, -0.05) is 24.3 Å². The monoisotopic (exact) mass is 271 g/mol. The van der Waals surface area contributed by atoms with E-state index in [1.54, 1.807) is 6.07 Å². The normalized spacial score (nSPS) is 14.2. The summed E-state index contributed by atoms with van der Waals surface area (Å²) in [6, 6.07) is 13.4. The van der Waals surface area contributed by atoms with Crippen molar-refractivity contribution in [2.24, 2.45) is 0 Å². The number of hydrogen-bond acceptors (Lipinski definition) is 4. The Hall–Kier alpha value is -2.20. The van der Waals surface area contributed by atoms with Crippen LogP contribution >= 0.6 is 0 Å². The molecule has 0 saturated heterocycles. The second-order valence-electron chi connectivity index (χ2n) is 4.85. The molecule has 4 heteroatoms. The van der Waals surface area contributed by atoms with Crippen molar-refractivity contribution in [1.29, 1.82) is 0 Å². The van der Waals surface area contributed by atoms with Crippen molar-refractivity contribution in [1.82, 2.24) is 5.32 Å². The van der Waals surface area contributed by atoms with Crippen LogP contribution in [0, 0.1) is 0 Å². The topological polar surface area (TPSA) is 50.7 Å². The van der Waals surface area contributed by atoms with Gasteiger partial charge in [-0.05, 0) is 30.7 Å². The molecule has 0 aliphatic carbocycles. The lowest BCUT2D eigenvalue weighted by Gasteiger charge is -2.15. The zero-order valence-corrected chi connectivity index (χ0v) is 11.3. The number of hydrogen-bond donors (Lipinski definition) is 2. The van der Waals surface area contributed by atoms with Crippen LogP contribution < -0.4 is 14.8 Å². The van der Waals surface area contributed by atoms with Gasteiger partial charge >= 0.3 is 0 Å². The smallest absolute Gasteiger partial charge is 0.231 e. The number of ether oxygens (including phenoxy) is 2. The van der Waals surface area contributed by atoms with Gasteiger partial charge in [0.05, 0.1) is 0 Å². The largest absolute Gasteiger partial charge is 0.508 e. The van der Waals surface area contributed by atoms with Crippen LogP contribution in [0.25, 0.3) is 0 Å². The molecule has 1 aliphatic rings. The predicted octanol–water partition coefficient (Wildman–Crippen LogP) is 2.97. The molecule has 0 bridgehead atoms. The number of phenols is 1. The van der Waals surface area contributed by atoms with E-state index in [0.717, 1.165) is 22.6 Å². The van der Waals surface area contributed by atoms with Crippen LogP contribution in [-0.2, 0) is 6.54 Å². The minimum Gasteiger partial charge on any atom is -0.508 e. The van der Waals surface area contributed by atoms with Crippen molar-refractivity contribution < 1.29 is 14.6 Å². The molecule has 2 aromatic carbocycles. The summed E-state index contributed by atoms with van der Waals surface area (Å²) in [4.78, 5) is 0. The Morgan fingerprint density at radius 2 is 1.95 bits per heavy atom. The highest BCUT2D eigenvalue weighted by molar-refractivity contribution is 5.44.